The molecule has 4 saturated heterocycles. The maximum atomic E-state index is 13.3. The van der Waals surface area contributed by atoms with Crippen LogP contribution in [0.5, 0.6) is 0 Å². The number of aromatic nitrogens is 2. The van der Waals surface area contributed by atoms with E-state index >= 15 is 0 Å². The second-order valence-electron chi connectivity index (χ2n) is 11.1. The van der Waals surface area contributed by atoms with Crippen molar-refractivity contribution in [3.63, 3.8) is 0 Å². The first kappa shape index (κ1) is 26.9. The fraction of sp³-hybridized carbons (Fsp3) is 0.433. The highest BCUT2D eigenvalue weighted by molar-refractivity contribution is 7.45. The Morgan fingerprint density at radius 3 is 2.68 bits per heavy atom. The molecular weight excluding hydrogens is 543 g/mol. The molecule has 4 aliphatic heterocycles. The number of anilines is 1. The number of nitrogens with one attached hydrogen (secondary N) is 1. The molecule has 5 heterocycles. The fourth-order valence-electron chi connectivity index (χ4n) is 6.37. The Morgan fingerprint density at radius 1 is 1.17 bits per heavy atom. The molecular formula is C30H33N4O6P. The Labute approximate surface area is 239 Å². The van der Waals surface area contributed by atoms with Gasteiger partial charge < -0.3 is 23.8 Å². The molecule has 0 saturated carbocycles. The van der Waals surface area contributed by atoms with Gasteiger partial charge in [-0.3, -0.25) is 9.36 Å². The maximum absolute atomic E-state index is 13.3. The number of hydrogen-bond donors (Lipinski definition) is 1. The SMILES string of the molecule is CC[C@@]12CO[C@@H](C1O[P@]1O[C@@H](c3ccccc3)[C@H]3CCCN31)[C@H](n1cc(C)c(NC(=O)c3ccccc3)nc1=O)O2. The first-order valence-corrected chi connectivity index (χ1v) is 15.3. The highest BCUT2D eigenvalue weighted by Crippen LogP contribution is 2.63. The molecule has 1 N–H and O–H groups in total. The van der Waals surface area contributed by atoms with E-state index in [2.05, 4.69) is 27.1 Å². The molecule has 214 valence electrons. The molecule has 0 aliphatic carbocycles. The Balaban J connectivity index is 1.12. The monoisotopic (exact) mass is 576 g/mol. The van der Waals surface area contributed by atoms with Gasteiger partial charge in [-0.2, -0.15) is 4.98 Å². The van der Waals surface area contributed by atoms with Gasteiger partial charge in [-0.1, -0.05) is 55.5 Å². The van der Waals surface area contributed by atoms with Crippen molar-refractivity contribution in [2.45, 2.75) is 69.3 Å². The van der Waals surface area contributed by atoms with E-state index in [9.17, 15) is 9.59 Å². The van der Waals surface area contributed by atoms with Crippen LogP contribution in [0.15, 0.2) is 71.7 Å². The summed E-state index contributed by atoms with van der Waals surface area (Å²) in [5.41, 5.74) is 1.05. The van der Waals surface area contributed by atoms with Crippen LogP contribution >= 0.6 is 8.53 Å². The normalized spacial score (nSPS) is 32.3. The Hall–Kier alpha value is -2.98. The second-order valence-corrected chi connectivity index (χ2v) is 12.5. The van der Waals surface area contributed by atoms with Crippen molar-refractivity contribution < 1.29 is 23.3 Å². The second kappa shape index (κ2) is 10.7. The number of benzene rings is 2. The number of carbonyl (C=O) groups excluding carboxylic acids is 1. The molecule has 7 rings (SSSR count). The van der Waals surface area contributed by atoms with Crippen molar-refractivity contribution >= 4 is 20.3 Å². The minimum atomic E-state index is -1.33. The maximum Gasteiger partial charge on any atom is 0.351 e. The van der Waals surface area contributed by atoms with Crippen molar-refractivity contribution in [3.05, 3.63) is 94.0 Å². The van der Waals surface area contributed by atoms with E-state index in [1.54, 1.807) is 37.4 Å². The number of amides is 1. The quantitative estimate of drug-likeness (QED) is 0.403. The lowest BCUT2D eigenvalue weighted by molar-refractivity contribution is -0.175. The topological polar surface area (TPSA) is 104 Å². The van der Waals surface area contributed by atoms with Crippen molar-refractivity contribution in [1.82, 2.24) is 14.2 Å². The third-order valence-electron chi connectivity index (χ3n) is 8.61. The highest BCUT2D eigenvalue weighted by atomic mass is 31.2. The average Bonchev–Trinajstić information content (AvgIpc) is 3.76. The summed E-state index contributed by atoms with van der Waals surface area (Å²) in [6.45, 7) is 5.16. The van der Waals surface area contributed by atoms with Crippen LogP contribution in [0.2, 0.25) is 0 Å². The summed E-state index contributed by atoms with van der Waals surface area (Å²) in [5, 5.41) is 2.75. The summed E-state index contributed by atoms with van der Waals surface area (Å²) in [6, 6.07) is 19.4. The van der Waals surface area contributed by atoms with Gasteiger partial charge in [0.1, 0.15) is 29.7 Å². The van der Waals surface area contributed by atoms with Gasteiger partial charge in [0.25, 0.3) is 14.4 Å². The lowest BCUT2D eigenvalue weighted by atomic mass is 9.96. The van der Waals surface area contributed by atoms with Gasteiger partial charge in [0.2, 0.25) is 0 Å². The summed E-state index contributed by atoms with van der Waals surface area (Å²) in [6.07, 6.45) is 2.87. The van der Waals surface area contributed by atoms with Crippen LogP contribution in [-0.2, 0) is 18.5 Å². The predicted molar refractivity (Wildman–Crippen MR) is 152 cm³/mol. The molecule has 1 aromatic heterocycles. The van der Waals surface area contributed by atoms with Crippen LogP contribution in [0.4, 0.5) is 5.82 Å². The summed E-state index contributed by atoms with van der Waals surface area (Å²) in [7, 11) is -1.33. The van der Waals surface area contributed by atoms with E-state index in [0.29, 0.717) is 24.2 Å². The average molecular weight is 577 g/mol. The van der Waals surface area contributed by atoms with Crippen LogP contribution in [0.1, 0.15) is 60.0 Å². The van der Waals surface area contributed by atoms with E-state index in [1.165, 1.54) is 4.57 Å². The number of aryl methyl sites for hydroxylation is 1. The Kier molecular flexibility index (Phi) is 7.01. The zero-order chi connectivity index (χ0) is 28.1. The van der Waals surface area contributed by atoms with E-state index in [0.717, 1.165) is 24.9 Å². The third kappa shape index (κ3) is 4.63. The molecule has 4 fully saturated rings. The largest absolute Gasteiger partial charge is 0.368 e. The summed E-state index contributed by atoms with van der Waals surface area (Å²) < 4.78 is 30.0. The highest BCUT2D eigenvalue weighted by Gasteiger charge is 2.64. The van der Waals surface area contributed by atoms with Crippen LogP contribution in [0.25, 0.3) is 0 Å². The molecule has 41 heavy (non-hydrogen) atoms. The molecule has 3 aromatic rings. The number of rotatable bonds is 7. The molecule has 1 unspecified atom stereocenters. The molecule has 7 atom stereocenters. The lowest BCUT2D eigenvalue weighted by Gasteiger charge is -2.31. The Morgan fingerprint density at radius 2 is 1.93 bits per heavy atom. The number of ether oxygens (including phenoxy) is 2. The molecule has 4 aliphatic rings. The number of carbonyl (C=O) groups is 1. The van der Waals surface area contributed by atoms with Crippen LogP contribution in [0.3, 0.4) is 0 Å². The smallest absolute Gasteiger partial charge is 0.351 e. The van der Waals surface area contributed by atoms with Gasteiger partial charge in [0, 0.05) is 29.9 Å². The lowest BCUT2D eigenvalue weighted by Crippen LogP contribution is -2.41. The van der Waals surface area contributed by atoms with Crippen molar-refractivity contribution in [3.8, 4) is 0 Å². The van der Waals surface area contributed by atoms with E-state index in [1.807, 2.05) is 31.2 Å². The summed E-state index contributed by atoms with van der Waals surface area (Å²) in [4.78, 5) is 30.1. The van der Waals surface area contributed by atoms with E-state index in [4.69, 9.17) is 18.5 Å². The van der Waals surface area contributed by atoms with Gasteiger partial charge >= 0.3 is 5.69 Å². The van der Waals surface area contributed by atoms with E-state index < -0.39 is 38.3 Å². The van der Waals surface area contributed by atoms with E-state index in [-0.39, 0.29) is 23.9 Å². The van der Waals surface area contributed by atoms with Gasteiger partial charge in [-0.25, -0.2) is 9.46 Å². The van der Waals surface area contributed by atoms with Crippen LogP contribution in [0, 0.1) is 6.92 Å². The first-order chi connectivity index (χ1) is 20.0. The van der Waals surface area contributed by atoms with Gasteiger partial charge in [-0.15, -0.1) is 0 Å². The summed E-state index contributed by atoms with van der Waals surface area (Å²) >= 11 is 0. The zero-order valence-corrected chi connectivity index (χ0v) is 23.9. The molecule has 0 radical (unpaired) electrons. The minimum absolute atomic E-state index is 0.0350. The Bertz CT molecular complexity index is 1490. The molecule has 10 nitrogen and oxygen atoms in total. The number of hydrogen-bond acceptors (Lipinski definition) is 8. The predicted octanol–water partition coefficient (Wildman–Crippen LogP) is 4.73. The molecule has 2 aromatic carbocycles. The van der Waals surface area contributed by atoms with Crippen LogP contribution in [-0.4, -0.2) is 57.1 Å². The molecule has 0 spiro atoms. The number of nitrogens with zero attached hydrogens (tertiary/aromatic N) is 3. The van der Waals surface area contributed by atoms with Gasteiger partial charge in [0.05, 0.1) is 6.61 Å². The standard InChI is InChI=1S/C30H33N4O6P/c1-3-30-18-37-24(25(30)40-41-34-16-10-15-22(34)23(39-41)20-11-6-4-7-12-20)28(38-30)33-17-19(2)26(32-29(33)36)31-27(35)21-13-8-5-9-14-21/h4-9,11-14,17,22-25,28H,3,10,15-16,18H2,1-2H3,(H,31,32,35,36)/t22-,23+,24+,25?,28-,30-,41+/m1/s1. The molecule has 11 heteroatoms. The molecule has 2 bridgehead atoms. The van der Waals surface area contributed by atoms with Gasteiger partial charge in [0.15, 0.2) is 6.23 Å². The van der Waals surface area contributed by atoms with Crippen molar-refractivity contribution in [2.24, 2.45) is 0 Å². The van der Waals surface area contributed by atoms with Gasteiger partial charge in [-0.05, 0) is 43.9 Å². The molecule has 1 amide bonds. The fourth-order valence-corrected chi connectivity index (χ4v) is 8.41. The van der Waals surface area contributed by atoms with Crippen molar-refractivity contribution in [2.75, 3.05) is 18.5 Å². The zero-order valence-electron chi connectivity index (χ0n) is 23.0. The third-order valence-corrected chi connectivity index (χ3v) is 10.3. The minimum Gasteiger partial charge on any atom is -0.368 e. The van der Waals surface area contributed by atoms with Crippen molar-refractivity contribution in [1.29, 1.82) is 0 Å². The first-order valence-electron chi connectivity index (χ1n) is 14.2. The summed E-state index contributed by atoms with van der Waals surface area (Å²) in [5.74, 6) is -0.110. The van der Waals surface area contributed by atoms with Crippen LogP contribution < -0.4 is 11.0 Å². The number of fused-ring (bicyclic) bond motifs is 3.